The molecule has 0 bridgehead atoms. The molecule has 2 aliphatic rings. The molecule has 3 rings (SSSR count). The first-order chi connectivity index (χ1) is 9.78. The van der Waals surface area contributed by atoms with Gasteiger partial charge in [0.25, 0.3) is 5.91 Å². The number of rotatable bonds is 3. The maximum atomic E-state index is 11.9. The fourth-order valence-corrected chi connectivity index (χ4v) is 2.84. The number of benzene rings is 1. The summed E-state index contributed by atoms with van der Waals surface area (Å²) < 4.78 is 5.58. The molecule has 1 heterocycles. The Labute approximate surface area is 117 Å². The van der Waals surface area contributed by atoms with Gasteiger partial charge < -0.3 is 14.8 Å². The van der Waals surface area contributed by atoms with Crippen LogP contribution in [0.4, 0.5) is 0 Å². The number of hydrogen-bond donors (Lipinski definition) is 1. The standard InChI is InChI=1S/C15H18N2O3/c18-15(17-7-1-2-8-17)10-20-12-4-5-13-11(9-12)3-6-14(13)16-19/h4-5,9,19H,1-3,6-8,10H2/b16-14-. The summed E-state index contributed by atoms with van der Waals surface area (Å²) in [6, 6.07) is 5.66. The lowest BCUT2D eigenvalue weighted by atomic mass is 10.1. The number of nitrogens with zero attached hydrogens (tertiary/aromatic N) is 2. The number of fused-ring (bicyclic) bond motifs is 1. The van der Waals surface area contributed by atoms with E-state index in [9.17, 15) is 4.79 Å². The first-order valence-corrected chi connectivity index (χ1v) is 7.03. The SMILES string of the molecule is O=C(COc1ccc2c(c1)CC/C2=N/O)N1CCCC1. The van der Waals surface area contributed by atoms with Crippen molar-refractivity contribution < 1.29 is 14.7 Å². The lowest BCUT2D eigenvalue weighted by molar-refractivity contribution is -0.132. The van der Waals surface area contributed by atoms with Crippen molar-refractivity contribution in [3.8, 4) is 5.75 Å². The molecule has 1 saturated heterocycles. The third kappa shape index (κ3) is 2.48. The van der Waals surface area contributed by atoms with Crippen LogP contribution >= 0.6 is 0 Å². The molecule has 0 spiro atoms. The van der Waals surface area contributed by atoms with Crippen LogP contribution in [0.2, 0.25) is 0 Å². The molecule has 20 heavy (non-hydrogen) atoms. The number of likely N-dealkylation sites (tertiary alicyclic amines) is 1. The summed E-state index contributed by atoms with van der Waals surface area (Å²) in [5, 5.41) is 12.2. The van der Waals surface area contributed by atoms with Crippen LogP contribution in [0, 0.1) is 0 Å². The van der Waals surface area contributed by atoms with Crippen molar-refractivity contribution >= 4 is 11.6 Å². The monoisotopic (exact) mass is 274 g/mol. The van der Waals surface area contributed by atoms with E-state index in [1.165, 1.54) is 0 Å². The fraction of sp³-hybridized carbons (Fsp3) is 0.467. The van der Waals surface area contributed by atoms with Gasteiger partial charge in [-0.1, -0.05) is 5.16 Å². The second kappa shape index (κ2) is 5.53. The van der Waals surface area contributed by atoms with Gasteiger partial charge in [0.2, 0.25) is 0 Å². The highest BCUT2D eigenvalue weighted by Gasteiger charge is 2.20. The Bertz CT molecular complexity index is 548. The predicted molar refractivity (Wildman–Crippen MR) is 74.4 cm³/mol. The van der Waals surface area contributed by atoms with Crippen molar-refractivity contribution in [2.24, 2.45) is 5.16 Å². The second-order valence-corrected chi connectivity index (χ2v) is 5.24. The number of hydrogen-bond acceptors (Lipinski definition) is 4. The largest absolute Gasteiger partial charge is 0.484 e. The highest BCUT2D eigenvalue weighted by atomic mass is 16.5. The molecule has 0 saturated carbocycles. The summed E-state index contributed by atoms with van der Waals surface area (Å²) in [6.07, 6.45) is 3.79. The van der Waals surface area contributed by atoms with Crippen molar-refractivity contribution in [2.45, 2.75) is 25.7 Å². The van der Waals surface area contributed by atoms with Gasteiger partial charge in [-0.15, -0.1) is 0 Å². The Hall–Kier alpha value is -2.04. The first kappa shape index (κ1) is 13.0. The van der Waals surface area contributed by atoms with Crippen LogP contribution in [0.25, 0.3) is 0 Å². The van der Waals surface area contributed by atoms with Crippen molar-refractivity contribution in [3.63, 3.8) is 0 Å². The van der Waals surface area contributed by atoms with E-state index in [2.05, 4.69) is 5.16 Å². The third-order valence-corrected chi connectivity index (χ3v) is 3.96. The van der Waals surface area contributed by atoms with Gasteiger partial charge >= 0.3 is 0 Å². The lowest BCUT2D eigenvalue weighted by Crippen LogP contribution is -2.32. The third-order valence-electron chi connectivity index (χ3n) is 3.96. The van der Waals surface area contributed by atoms with Gasteiger partial charge in [0.1, 0.15) is 5.75 Å². The molecule has 0 radical (unpaired) electrons. The van der Waals surface area contributed by atoms with Gasteiger partial charge in [-0.2, -0.15) is 0 Å². The molecule has 5 nitrogen and oxygen atoms in total. The molecular weight excluding hydrogens is 256 g/mol. The average Bonchev–Trinajstić information content (AvgIpc) is 3.13. The summed E-state index contributed by atoms with van der Waals surface area (Å²) in [5.74, 6) is 0.760. The van der Waals surface area contributed by atoms with E-state index in [1.54, 1.807) is 0 Å². The van der Waals surface area contributed by atoms with Crippen LogP contribution in [-0.4, -0.2) is 41.4 Å². The van der Waals surface area contributed by atoms with Crippen LogP contribution in [0.1, 0.15) is 30.4 Å². The van der Waals surface area contributed by atoms with Crippen molar-refractivity contribution in [1.82, 2.24) is 4.90 Å². The van der Waals surface area contributed by atoms with E-state index < -0.39 is 0 Å². The summed E-state index contributed by atoms with van der Waals surface area (Å²) in [7, 11) is 0. The molecule has 0 atom stereocenters. The molecule has 1 aliphatic carbocycles. The zero-order valence-electron chi connectivity index (χ0n) is 11.3. The molecule has 1 amide bonds. The van der Waals surface area contributed by atoms with E-state index in [0.29, 0.717) is 5.75 Å². The van der Waals surface area contributed by atoms with Gasteiger partial charge in [-0.3, -0.25) is 4.79 Å². The normalized spacial score (nSPS) is 19.4. The number of aryl methyl sites for hydroxylation is 1. The maximum Gasteiger partial charge on any atom is 0.260 e. The van der Waals surface area contributed by atoms with E-state index >= 15 is 0 Å². The number of ether oxygens (including phenoxy) is 1. The minimum absolute atomic E-state index is 0.0561. The quantitative estimate of drug-likeness (QED) is 0.675. The van der Waals surface area contributed by atoms with Gasteiger partial charge in [0.15, 0.2) is 6.61 Å². The number of oxime groups is 1. The molecule has 1 aliphatic heterocycles. The van der Waals surface area contributed by atoms with Crippen LogP contribution in [0.15, 0.2) is 23.4 Å². The van der Waals surface area contributed by atoms with Crippen LogP contribution in [0.3, 0.4) is 0 Å². The smallest absolute Gasteiger partial charge is 0.260 e. The molecule has 106 valence electrons. The minimum atomic E-state index is 0.0561. The Morgan fingerprint density at radius 3 is 2.85 bits per heavy atom. The van der Waals surface area contributed by atoms with E-state index in [4.69, 9.17) is 9.94 Å². The molecular formula is C15H18N2O3. The number of amides is 1. The van der Waals surface area contributed by atoms with Gasteiger partial charge in [0.05, 0.1) is 5.71 Å². The van der Waals surface area contributed by atoms with E-state index in [-0.39, 0.29) is 12.5 Å². The highest BCUT2D eigenvalue weighted by Crippen LogP contribution is 2.26. The maximum absolute atomic E-state index is 11.9. The molecule has 1 fully saturated rings. The molecule has 5 heteroatoms. The first-order valence-electron chi connectivity index (χ1n) is 7.03. The summed E-state index contributed by atoms with van der Waals surface area (Å²) in [5.41, 5.74) is 2.81. The van der Waals surface area contributed by atoms with Crippen molar-refractivity contribution in [3.05, 3.63) is 29.3 Å². The zero-order valence-corrected chi connectivity index (χ0v) is 11.3. The zero-order chi connectivity index (χ0) is 13.9. The van der Waals surface area contributed by atoms with Crippen LogP contribution in [-0.2, 0) is 11.2 Å². The molecule has 0 unspecified atom stereocenters. The molecule has 1 aromatic carbocycles. The summed E-state index contributed by atoms with van der Waals surface area (Å²) in [6.45, 7) is 1.80. The van der Waals surface area contributed by atoms with Gasteiger partial charge in [-0.25, -0.2) is 0 Å². The average molecular weight is 274 g/mol. The van der Waals surface area contributed by atoms with Gasteiger partial charge in [0, 0.05) is 18.7 Å². The Morgan fingerprint density at radius 1 is 1.30 bits per heavy atom. The fourth-order valence-electron chi connectivity index (χ4n) is 2.84. The Kier molecular flexibility index (Phi) is 3.58. The minimum Gasteiger partial charge on any atom is -0.484 e. The number of carbonyl (C=O) groups is 1. The topological polar surface area (TPSA) is 62.1 Å². The summed E-state index contributed by atoms with van der Waals surface area (Å²) >= 11 is 0. The Morgan fingerprint density at radius 2 is 2.10 bits per heavy atom. The van der Waals surface area contributed by atoms with Gasteiger partial charge in [-0.05, 0) is 49.4 Å². The van der Waals surface area contributed by atoms with Crippen LogP contribution < -0.4 is 4.74 Å². The highest BCUT2D eigenvalue weighted by molar-refractivity contribution is 6.04. The van der Waals surface area contributed by atoms with Crippen molar-refractivity contribution in [2.75, 3.05) is 19.7 Å². The molecule has 0 aromatic heterocycles. The van der Waals surface area contributed by atoms with E-state index in [1.807, 2.05) is 23.1 Å². The summed E-state index contributed by atoms with van der Waals surface area (Å²) in [4.78, 5) is 13.8. The predicted octanol–water partition coefficient (Wildman–Crippen LogP) is 1.81. The molecule has 1 aromatic rings. The Balaban J connectivity index is 1.63. The number of carbonyl (C=O) groups excluding carboxylic acids is 1. The van der Waals surface area contributed by atoms with Crippen molar-refractivity contribution in [1.29, 1.82) is 0 Å². The van der Waals surface area contributed by atoms with E-state index in [0.717, 1.165) is 55.6 Å². The van der Waals surface area contributed by atoms with Crippen LogP contribution in [0.5, 0.6) is 5.75 Å². The lowest BCUT2D eigenvalue weighted by Gasteiger charge is -2.15. The second-order valence-electron chi connectivity index (χ2n) is 5.24. The molecule has 1 N–H and O–H groups in total.